The lowest BCUT2D eigenvalue weighted by Crippen LogP contribution is -2.42. The molecule has 270 valence electrons. The van der Waals surface area contributed by atoms with Crippen LogP contribution in [0.2, 0.25) is 0 Å². The summed E-state index contributed by atoms with van der Waals surface area (Å²) >= 11 is 0. The van der Waals surface area contributed by atoms with Gasteiger partial charge in [-0.15, -0.1) is 0 Å². The maximum atomic E-state index is 12.8. The predicted octanol–water partition coefficient (Wildman–Crippen LogP) is 7.54. The summed E-state index contributed by atoms with van der Waals surface area (Å²) < 4.78 is 17.5. The van der Waals surface area contributed by atoms with Crippen LogP contribution in [0.4, 0.5) is 4.79 Å². The number of ether oxygens (including phenoxy) is 3. The summed E-state index contributed by atoms with van der Waals surface area (Å²) in [6.07, 6.45) is 15.3. The molecule has 4 rings (SSSR count). The molecular formula is C37H58N2O7S2. The number of cyclic esters (lactones) is 1. The average Bonchev–Trinajstić information content (AvgIpc) is 3.57. The van der Waals surface area contributed by atoms with Gasteiger partial charge >= 0.3 is 18.0 Å². The molecule has 9 atom stereocenters. The van der Waals surface area contributed by atoms with Gasteiger partial charge in [-0.2, -0.15) is 0 Å². The number of hydrogen-bond donors (Lipinski definition) is 2. The van der Waals surface area contributed by atoms with Crippen LogP contribution in [0.5, 0.6) is 0 Å². The van der Waals surface area contributed by atoms with Crippen LogP contribution in [0.3, 0.4) is 0 Å². The fourth-order valence-corrected chi connectivity index (χ4v) is 10.3. The first-order valence-corrected chi connectivity index (χ1v) is 20.8. The summed E-state index contributed by atoms with van der Waals surface area (Å²) in [6.45, 7) is 9.34. The summed E-state index contributed by atoms with van der Waals surface area (Å²) in [5.41, 5.74) is 1.24. The third-order valence-corrected chi connectivity index (χ3v) is 13.3. The lowest BCUT2D eigenvalue weighted by atomic mass is 9.65. The van der Waals surface area contributed by atoms with Crippen molar-refractivity contribution in [2.45, 2.75) is 135 Å². The van der Waals surface area contributed by atoms with Crippen molar-refractivity contribution in [2.24, 2.45) is 29.6 Å². The van der Waals surface area contributed by atoms with Gasteiger partial charge in [-0.25, -0.2) is 4.79 Å². The standard InChI is InChI=1S/C37H58N2O7S2/c1-5-25(3)36(42)46-32-21-24(2)20-27-13-12-26(4)31(35(27)32)15-14-28-22-29(23-34(41)44-28)45-37(43)39-18-9-8-17-38-33(40)11-7-6-10-30-16-19-47-48-30/h12-13,20,24-26,28-32,35H,5-11,14-19,21-23H2,1-4H3,(H,38,40)(H,39,43). The number of carbonyl (C=O) groups is 4. The SMILES string of the molecule is CCC(C)C(=O)OC1CC(C)C=C2C=CC(C)C(CCC3CC(OC(=O)NCCCCNC(=O)CCCCC4CCSS4)CC(=O)O3)C21. The van der Waals surface area contributed by atoms with E-state index in [1.165, 1.54) is 24.2 Å². The molecule has 4 aliphatic rings. The van der Waals surface area contributed by atoms with Gasteiger partial charge in [0.05, 0.1) is 12.3 Å². The van der Waals surface area contributed by atoms with Crippen LogP contribution in [0.15, 0.2) is 23.8 Å². The van der Waals surface area contributed by atoms with Crippen molar-refractivity contribution in [1.82, 2.24) is 10.6 Å². The fourth-order valence-electron chi connectivity index (χ4n) is 7.31. The molecule has 0 radical (unpaired) electrons. The quantitative estimate of drug-likeness (QED) is 0.0684. The normalized spacial score (nSPS) is 30.4. The Kier molecular flexibility index (Phi) is 16.0. The zero-order chi connectivity index (χ0) is 34.5. The summed E-state index contributed by atoms with van der Waals surface area (Å²) in [5, 5.41) is 6.52. The number of unbranched alkanes of at least 4 members (excludes halogenated alkanes) is 2. The Morgan fingerprint density at radius 2 is 1.81 bits per heavy atom. The van der Waals surface area contributed by atoms with E-state index in [0.717, 1.165) is 50.2 Å². The summed E-state index contributed by atoms with van der Waals surface area (Å²) in [7, 11) is 3.94. The zero-order valence-corrected chi connectivity index (χ0v) is 31.0. The van der Waals surface area contributed by atoms with Crippen LogP contribution in [0.1, 0.15) is 111 Å². The molecule has 2 aliphatic carbocycles. The van der Waals surface area contributed by atoms with Gasteiger partial charge in [0.25, 0.3) is 0 Å². The highest BCUT2D eigenvalue weighted by molar-refractivity contribution is 8.77. The first-order valence-electron chi connectivity index (χ1n) is 18.4. The van der Waals surface area contributed by atoms with Gasteiger partial charge < -0.3 is 24.8 Å². The minimum absolute atomic E-state index is 0.0536. The molecule has 0 aromatic rings. The topological polar surface area (TPSA) is 120 Å². The number of alkyl carbamates (subject to hydrolysis) is 1. The highest BCUT2D eigenvalue weighted by Gasteiger charge is 2.42. The number of nitrogens with one attached hydrogen (secondary N) is 2. The third kappa shape index (κ3) is 12.3. The van der Waals surface area contributed by atoms with Crippen molar-refractivity contribution in [3.05, 3.63) is 23.8 Å². The molecule has 48 heavy (non-hydrogen) atoms. The molecule has 0 aromatic heterocycles. The molecule has 2 N–H and O–H groups in total. The van der Waals surface area contributed by atoms with Crippen molar-refractivity contribution >= 4 is 45.5 Å². The largest absolute Gasteiger partial charge is 0.462 e. The van der Waals surface area contributed by atoms with Crippen LogP contribution >= 0.6 is 21.6 Å². The minimum Gasteiger partial charge on any atom is -0.462 e. The van der Waals surface area contributed by atoms with E-state index >= 15 is 0 Å². The molecule has 2 saturated heterocycles. The second-order valence-corrected chi connectivity index (χ2v) is 17.1. The van der Waals surface area contributed by atoms with E-state index in [0.29, 0.717) is 44.2 Å². The maximum absolute atomic E-state index is 12.8. The van der Waals surface area contributed by atoms with Gasteiger partial charge in [0.15, 0.2) is 0 Å². The lowest BCUT2D eigenvalue weighted by Gasteiger charge is -2.43. The van der Waals surface area contributed by atoms with E-state index in [9.17, 15) is 19.2 Å². The van der Waals surface area contributed by atoms with Gasteiger partial charge in [0.2, 0.25) is 5.91 Å². The van der Waals surface area contributed by atoms with E-state index in [1.807, 2.05) is 35.4 Å². The second-order valence-electron chi connectivity index (χ2n) is 14.3. The van der Waals surface area contributed by atoms with E-state index in [2.05, 4.69) is 42.7 Å². The predicted molar refractivity (Wildman–Crippen MR) is 192 cm³/mol. The number of amides is 2. The molecule has 2 amide bonds. The lowest BCUT2D eigenvalue weighted by molar-refractivity contribution is -0.162. The summed E-state index contributed by atoms with van der Waals surface area (Å²) in [5.74, 6) is 1.73. The zero-order valence-electron chi connectivity index (χ0n) is 29.4. The van der Waals surface area contributed by atoms with E-state index in [1.54, 1.807) is 0 Å². The van der Waals surface area contributed by atoms with Crippen molar-refractivity contribution in [2.75, 3.05) is 18.8 Å². The molecular weight excluding hydrogens is 649 g/mol. The van der Waals surface area contributed by atoms with Crippen LogP contribution < -0.4 is 10.6 Å². The number of esters is 2. The van der Waals surface area contributed by atoms with Crippen LogP contribution in [-0.2, 0) is 28.6 Å². The minimum atomic E-state index is -0.528. The Bertz CT molecular complexity index is 1140. The number of allylic oxidation sites excluding steroid dienone is 3. The van der Waals surface area contributed by atoms with Crippen molar-refractivity contribution in [3.8, 4) is 0 Å². The number of carbonyl (C=O) groups excluding carboxylic acids is 4. The van der Waals surface area contributed by atoms with Crippen molar-refractivity contribution in [1.29, 1.82) is 0 Å². The van der Waals surface area contributed by atoms with Gasteiger partial charge in [-0.1, -0.05) is 73.9 Å². The Balaban J connectivity index is 1.14. The van der Waals surface area contributed by atoms with E-state index in [-0.39, 0.29) is 54.2 Å². The molecule has 9 nitrogen and oxygen atoms in total. The molecule has 2 fully saturated rings. The van der Waals surface area contributed by atoms with Crippen LogP contribution in [0, 0.1) is 29.6 Å². The van der Waals surface area contributed by atoms with Gasteiger partial charge in [0.1, 0.15) is 18.3 Å². The van der Waals surface area contributed by atoms with Crippen LogP contribution in [0.25, 0.3) is 0 Å². The molecule has 2 aliphatic heterocycles. The molecule has 9 unspecified atom stereocenters. The average molecular weight is 707 g/mol. The Morgan fingerprint density at radius 3 is 2.56 bits per heavy atom. The highest BCUT2D eigenvalue weighted by atomic mass is 33.1. The van der Waals surface area contributed by atoms with Crippen LogP contribution in [-0.4, -0.2) is 66.3 Å². The highest BCUT2D eigenvalue weighted by Crippen LogP contribution is 2.45. The Morgan fingerprint density at radius 1 is 1.02 bits per heavy atom. The van der Waals surface area contributed by atoms with Gasteiger partial charge in [0, 0.05) is 42.9 Å². The van der Waals surface area contributed by atoms with E-state index in [4.69, 9.17) is 14.2 Å². The monoisotopic (exact) mass is 706 g/mol. The smallest absolute Gasteiger partial charge is 0.407 e. The molecule has 11 heteroatoms. The third-order valence-electron chi connectivity index (χ3n) is 10.3. The first kappa shape index (κ1) is 38.7. The molecule has 2 heterocycles. The number of hydrogen-bond acceptors (Lipinski definition) is 9. The summed E-state index contributed by atoms with van der Waals surface area (Å²) in [6, 6.07) is 0. The first-order chi connectivity index (χ1) is 23.1. The number of fused-ring (bicyclic) bond motifs is 1. The van der Waals surface area contributed by atoms with E-state index < -0.39 is 12.2 Å². The molecule has 0 bridgehead atoms. The second kappa shape index (κ2) is 19.9. The molecule has 0 aromatic carbocycles. The Hall–Kier alpha value is -2.14. The van der Waals surface area contributed by atoms with Gasteiger partial charge in [-0.3, -0.25) is 14.4 Å². The molecule has 0 saturated carbocycles. The van der Waals surface area contributed by atoms with Gasteiger partial charge in [-0.05, 0) is 81.1 Å². The number of rotatable bonds is 17. The molecule has 0 spiro atoms. The fraction of sp³-hybridized carbons (Fsp3) is 0.784. The summed E-state index contributed by atoms with van der Waals surface area (Å²) in [4.78, 5) is 49.9. The maximum Gasteiger partial charge on any atom is 0.407 e. The van der Waals surface area contributed by atoms with Crippen molar-refractivity contribution < 1.29 is 33.4 Å². The Labute approximate surface area is 295 Å². The van der Waals surface area contributed by atoms with Crippen molar-refractivity contribution in [3.63, 3.8) is 0 Å².